The van der Waals surface area contributed by atoms with Crippen LogP contribution in [0.15, 0.2) is 65.6 Å². The van der Waals surface area contributed by atoms with Crippen molar-refractivity contribution in [2.24, 2.45) is 0 Å². The molecule has 0 unspecified atom stereocenters. The number of hydrogen-bond donors (Lipinski definition) is 2. The van der Waals surface area contributed by atoms with Crippen molar-refractivity contribution in [3.63, 3.8) is 0 Å². The van der Waals surface area contributed by atoms with Gasteiger partial charge in [-0.3, -0.25) is 14.8 Å². The average molecular weight is 452 g/mol. The third-order valence-corrected chi connectivity index (χ3v) is 7.28. The Morgan fingerprint density at radius 2 is 1.65 bits per heavy atom. The Labute approximate surface area is 185 Å². The van der Waals surface area contributed by atoms with Crippen LogP contribution in [0.4, 0.5) is 10.8 Å². The highest BCUT2D eigenvalue weighted by molar-refractivity contribution is 7.92. The largest absolute Gasteiger partial charge is 0.298 e. The molecule has 0 radical (unpaired) electrons. The van der Waals surface area contributed by atoms with E-state index in [4.69, 9.17) is 0 Å². The number of thiazole rings is 1. The average Bonchev–Trinajstić information content (AvgIpc) is 3.13. The van der Waals surface area contributed by atoms with E-state index in [-0.39, 0.29) is 10.8 Å². The number of carbonyl (C=O) groups excluding carboxylic acids is 1. The van der Waals surface area contributed by atoms with Crippen molar-refractivity contribution in [2.75, 3.05) is 10.0 Å². The molecule has 4 rings (SSSR count). The second-order valence-corrected chi connectivity index (χ2v) is 10.0. The van der Waals surface area contributed by atoms with Gasteiger partial charge in [-0.2, -0.15) is 0 Å². The first-order valence-electron chi connectivity index (χ1n) is 9.60. The third-order valence-electron chi connectivity index (χ3n) is 4.98. The Morgan fingerprint density at radius 1 is 0.903 bits per heavy atom. The molecule has 8 heteroatoms. The van der Waals surface area contributed by atoms with E-state index in [0.29, 0.717) is 16.4 Å². The van der Waals surface area contributed by atoms with Gasteiger partial charge in [-0.15, -0.1) is 0 Å². The number of benzene rings is 3. The molecular weight excluding hydrogens is 430 g/mol. The van der Waals surface area contributed by atoms with Gasteiger partial charge in [0.25, 0.3) is 15.9 Å². The zero-order valence-electron chi connectivity index (χ0n) is 17.3. The summed E-state index contributed by atoms with van der Waals surface area (Å²) in [5.41, 5.74) is 4.48. The van der Waals surface area contributed by atoms with Crippen molar-refractivity contribution in [2.45, 2.75) is 25.7 Å². The van der Waals surface area contributed by atoms with E-state index < -0.39 is 10.0 Å². The summed E-state index contributed by atoms with van der Waals surface area (Å²) in [6.07, 6.45) is 0. The second-order valence-electron chi connectivity index (χ2n) is 7.33. The molecule has 0 aliphatic heterocycles. The van der Waals surface area contributed by atoms with Crippen molar-refractivity contribution in [3.05, 3.63) is 82.9 Å². The van der Waals surface area contributed by atoms with E-state index in [1.165, 1.54) is 11.3 Å². The number of rotatable bonds is 5. The molecule has 3 aromatic carbocycles. The molecule has 0 fully saturated rings. The van der Waals surface area contributed by atoms with Crippen LogP contribution in [-0.4, -0.2) is 19.3 Å². The van der Waals surface area contributed by atoms with Gasteiger partial charge in [0.15, 0.2) is 5.13 Å². The molecule has 0 atom stereocenters. The fraction of sp³-hybridized carbons (Fsp3) is 0.130. The second kappa shape index (κ2) is 8.13. The number of nitrogens with one attached hydrogen (secondary N) is 2. The smallest absolute Gasteiger partial charge is 0.261 e. The molecular formula is C23H21N3O3S2. The Kier molecular flexibility index (Phi) is 5.51. The number of carbonyl (C=O) groups is 1. The number of aromatic nitrogens is 1. The van der Waals surface area contributed by atoms with Crippen LogP contribution in [0.2, 0.25) is 0 Å². The van der Waals surface area contributed by atoms with Crippen LogP contribution >= 0.6 is 11.3 Å². The first-order valence-corrected chi connectivity index (χ1v) is 11.9. The van der Waals surface area contributed by atoms with Gasteiger partial charge >= 0.3 is 0 Å². The molecule has 6 nitrogen and oxygen atoms in total. The van der Waals surface area contributed by atoms with E-state index >= 15 is 0 Å². The molecule has 0 saturated heterocycles. The summed E-state index contributed by atoms with van der Waals surface area (Å²) in [5, 5.41) is 3.27. The molecule has 2 N–H and O–H groups in total. The summed E-state index contributed by atoms with van der Waals surface area (Å²) in [6, 6.07) is 17.4. The van der Waals surface area contributed by atoms with Gasteiger partial charge in [-0.25, -0.2) is 13.4 Å². The topological polar surface area (TPSA) is 88.2 Å². The first-order chi connectivity index (χ1) is 14.7. The molecule has 4 aromatic rings. The van der Waals surface area contributed by atoms with E-state index in [2.05, 4.69) is 15.0 Å². The lowest BCUT2D eigenvalue weighted by molar-refractivity contribution is 0.102. The fourth-order valence-corrected chi connectivity index (χ4v) is 5.27. The van der Waals surface area contributed by atoms with Crippen LogP contribution in [0.1, 0.15) is 27.0 Å². The van der Waals surface area contributed by atoms with Crippen molar-refractivity contribution >= 4 is 48.3 Å². The Bertz CT molecular complexity index is 1390. The lowest BCUT2D eigenvalue weighted by Gasteiger charge is -2.10. The lowest BCUT2D eigenvalue weighted by Crippen LogP contribution is -2.13. The van der Waals surface area contributed by atoms with Gasteiger partial charge in [0.1, 0.15) is 0 Å². The molecule has 31 heavy (non-hydrogen) atoms. The monoisotopic (exact) mass is 451 g/mol. The normalized spacial score (nSPS) is 11.5. The standard InChI is InChI=1S/C23H21N3O3S2/c1-14-9-10-19(12-15(14)2)31(28,29)26-18-11-16(3)21-20(13-18)30-23(24-21)25-22(27)17-7-5-4-6-8-17/h4-13,26H,1-3H3,(H,24,25,27). The van der Waals surface area contributed by atoms with Crippen molar-refractivity contribution in [1.29, 1.82) is 0 Å². The van der Waals surface area contributed by atoms with Crippen LogP contribution in [0.25, 0.3) is 10.2 Å². The summed E-state index contributed by atoms with van der Waals surface area (Å²) in [7, 11) is -3.72. The lowest BCUT2D eigenvalue weighted by atomic mass is 10.1. The maximum absolute atomic E-state index is 12.8. The molecule has 0 aliphatic rings. The molecule has 1 aromatic heterocycles. The zero-order chi connectivity index (χ0) is 22.2. The predicted octanol–water partition coefficient (Wildman–Crippen LogP) is 5.27. The summed E-state index contributed by atoms with van der Waals surface area (Å²) in [6.45, 7) is 5.68. The van der Waals surface area contributed by atoms with Gasteiger partial charge in [-0.1, -0.05) is 35.6 Å². The van der Waals surface area contributed by atoms with Crippen molar-refractivity contribution < 1.29 is 13.2 Å². The van der Waals surface area contributed by atoms with Crippen LogP contribution in [0.3, 0.4) is 0 Å². The maximum Gasteiger partial charge on any atom is 0.261 e. The molecule has 0 saturated carbocycles. The van der Waals surface area contributed by atoms with Crippen LogP contribution in [-0.2, 0) is 10.0 Å². The van der Waals surface area contributed by atoms with E-state index in [1.807, 2.05) is 26.8 Å². The number of hydrogen-bond acceptors (Lipinski definition) is 5. The third kappa shape index (κ3) is 4.45. The molecule has 0 spiro atoms. The number of sulfonamides is 1. The number of amides is 1. The Morgan fingerprint density at radius 3 is 2.35 bits per heavy atom. The number of anilines is 2. The minimum absolute atomic E-state index is 0.216. The molecule has 1 amide bonds. The van der Waals surface area contributed by atoms with E-state index in [1.54, 1.807) is 54.6 Å². The maximum atomic E-state index is 12.8. The van der Waals surface area contributed by atoms with Crippen LogP contribution < -0.4 is 10.0 Å². The first kappa shape index (κ1) is 21.0. The molecule has 0 aliphatic carbocycles. The van der Waals surface area contributed by atoms with Gasteiger partial charge < -0.3 is 0 Å². The summed E-state index contributed by atoms with van der Waals surface area (Å²) >= 11 is 1.30. The SMILES string of the molecule is Cc1ccc(S(=O)(=O)Nc2cc(C)c3nc(NC(=O)c4ccccc4)sc3c2)cc1C. The highest BCUT2D eigenvalue weighted by atomic mass is 32.2. The summed E-state index contributed by atoms with van der Waals surface area (Å²) in [5.74, 6) is -0.243. The number of aryl methyl sites for hydroxylation is 3. The van der Waals surface area contributed by atoms with Crippen molar-refractivity contribution in [3.8, 4) is 0 Å². The number of fused-ring (bicyclic) bond motifs is 1. The summed E-state index contributed by atoms with van der Waals surface area (Å²) < 4.78 is 29.1. The number of nitrogens with zero attached hydrogens (tertiary/aromatic N) is 1. The summed E-state index contributed by atoms with van der Waals surface area (Å²) in [4.78, 5) is 17.1. The van der Waals surface area contributed by atoms with Crippen LogP contribution in [0, 0.1) is 20.8 Å². The van der Waals surface area contributed by atoms with Crippen molar-refractivity contribution in [1.82, 2.24) is 4.98 Å². The van der Waals surface area contributed by atoms with Gasteiger partial charge in [0.2, 0.25) is 0 Å². The van der Waals surface area contributed by atoms with E-state index in [9.17, 15) is 13.2 Å². The van der Waals surface area contributed by atoms with Gasteiger partial charge in [0, 0.05) is 5.56 Å². The van der Waals surface area contributed by atoms with Gasteiger partial charge in [0.05, 0.1) is 20.8 Å². The molecule has 158 valence electrons. The minimum atomic E-state index is -3.72. The molecule has 1 heterocycles. The highest BCUT2D eigenvalue weighted by Crippen LogP contribution is 2.32. The predicted molar refractivity (Wildman–Crippen MR) is 125 cm³/mol. The van der Waals surface area contributed by atoms with E-state index in [0.717, 1.165) is 26.9 Å². The Balaban J connectivity index is 1.61. The van der Waals surface area contributed by atoms with Gasteiger partial charge in [-0.05, 0) is 73.9 Å². The quantitative estimate of drug-likeness (QED) is 0.432. The van der Waals surface area contributed by atoms with Crippen LogP contribution in [0.5, 0.6) is 0 Å². The highest BCUT2D eigenvalue weighted by Gasteiger charge is 2.17. The Hall–Kier alpha value is -3.23. The fourth-order valence-electron chi connectivity index (χ4n) is 3.16. The molecule has 0 bridgehead atoms. The zero-order valence-corrected chi connectivity index (χ0v) is 18.9. The minimum Gasteiger partial charge on any atom is -0.298 e.